The van der Waals surface area contributed by atoms with Crippen molar-refractivity contribution in [3.05, 3.63) is 59.2 Å². The van der Waals surface area contributed by atoms with Crippen molar-refractivity contribution in [2.24, 2.45) is 0 Å². The largest absolute Gasteiger partial charge is 0.497 e. The Morgan fingerprint density at radius 1 is 1.10 bits per heavy atom. The number of carbonyl (C=O) groups is 1. The number of carboxylic acid groups (broad SMARTS) is 1. The minimum absolute atomic E-state index is 0.471. The van der Waals surface area contributed by atoms with Gasteiger partial charge in [0.2, 0.25) is 0 Å². The molecule has 0 aliphatic carbocycles. The van der Waals surface area contributed by atoms with Gasteiger partial charge in [-0.25, -0.2) is 0 Å². The van der Waals surface area contributed by atoms with Gasteiger partial charge in [-0.1, -0.05) is 18.6 Å². The number of piperidine rings is 1. The van der Waals surface area contributed by atoms with Crippen LogP contribution in [0.15, 0.2) is 42.5 Å². The van der Waals surface area contributed by atoms with Gasteiger partial charge in [-0.05, 0) is 55.3 Å². The minimum Gasteiger partial charge on any atom is -0.497 e. The zero-order chi connectivity index (χ0) is 21.9. The van der Waals surface area contributed by atoms with Gasteiger partial charge >= 0.3 is 12.1 Å². The number of aliphatic carboxylic acids is 1. The van der Waals surface area contributed by atoms with E-state index in [0.717, 1.165) is 25.0 Å². The average Bonchev–Trinajstić information content (AvgIpc) is 2.74. The molecule has 2 aromatic rings. The van der Waals surface area contributed by atoms with Gasteiger partial charge in [0.15, 0.2) is 0 Å². The molecule has 5 nitrogen and oxygen atoms in total. The highest BCUT2D eigenvalue weighted by molar-refractivity contribution is 5.74. The maximum Gasteiger partial charge on any atom is 0.416 e. The van der Waals surface area contributed by atoms with Gasteiger partial charge in [0.1, 0.15) is 17.5 Å². The molecule has 162 valence electrons. The Balaban J connectivity index is 2.15. The van der Waals surface area contributed by atoms with Crippen LogP contribution in [0.3, 0.4) is 0 Å². The van der Waals surface area contributed by atoms with E-state index in [1.165, 1.54) is 26.4 Å². The Morgan fingerprint density at radius 2 is 1.80 bits per heavy atom. The Hall–Kier alpha value is -2.74. The predicted octanol–water partition coefficient (Wildman–Crippen LogP) is 4.75. The summed E-state index contributed by atoms with van der Waals surface area (Å²) < 4.78 is 50.0. The van der Waals surface area contributed by atoms with Crippen LogP contribution in [-0.4, -0.2) is 42.8 Å². The number of rotatable bonds is 6. The number of ether oxygens (including phenoxy) is 2. The van der Waals surface area contributed by atoms with Gasteiger partial charge in [0.25, 0.3) is 0 Å². The topological polar surface area (TPSA) is 59.0 Å². The molecule has 0 bridgehead atoms. The summed E-state index contributed by atoms with van der Waals surface area (Å²) in [6.45, 7) is 0.503. The number of hydrogen-bond acceptors (Lipinski definition) is 4. The Bertz CT molecular complexity index is 883. The third-order valence-corrected chi connectivity index (χ3v) is 5.45. The number of halogens is 3. The third-order valence-electron chi connectivity index (χ3n) is 5.45. The van der Waals surface area contributed by atoms with E-state index in [0.29, 0.717) is 35.6 Å². The molecule has 1 heterocycles. The summed E-state index contributed by atoms with van der Waals surface area (Å²) in [5, 5.41) is 9.78. The number of benzene rings is 2. The van der Waals surface area contributed by atoms with Crippen LogP contribution in [0.25, 0.3) is 0 Å². The third kappa shape index (κ3) is 4.53. The maximum absolute atomic E-state index is 13.1. The van der Waals surface area contributed by atoms with Gasteiger partial charge in [-0.3, -0.25) is 9.69 Å². The summed E-state index contributed by atoms with van der Waals surface area (Å²) in [5.74, 6) is 0.107. The van der Waals surface area contributed by atoms with Crippen LogP contribution in [0.4, 0.5) is 13.2 Å². The van der Waals surface area contributed by atoms with E-state index in [4.69, 9.17) is 9.47 Å². The summed E-state index contributed by atoms with van der Waals surface area (Å²) in [4.78, 5) is 13.8. The van der Waals surface area contributed by atoms with E-state index in [9.17, 15) is 23.1 Å². The van der Waals surface area contributed by atoms with Crippen LogP contribution < -0.4 is 9.47 Å². The van der Waals surface area contributed by atoms with E-state index >= 15 is 0 Å². The first-order chi connectivity index (χ1) is 14.3. The minimum atomic E-state index is -4.45. The Morgan fingerprint density at radius 3 is 2.37 bits per heavy atom. The highest BCUT2D eigenvalue weighted by Gasteiger charge is 2.37. The van der Waals surface area contributed by atoms with Crippen LogP contribution in [0, 0.1) is 0 Å². The van der Waals surface area contributed by atoms with E-state index in [1.807, 2.05) is 4.90 Å². The molecule has 3 rings (SSSR count). The van der Waals surface area contributed by atoms with E-state index in [2.05, 4.69) is 0 Å². The van der Waals surface area contributed by atoms with Crippen molar-refractivity contribution in [1.82, 2.24) is 4.90 Å². The number of carboxylic acids is 1. The molecule has 2 aromatic carbocycles. The van der Waals surface area contributed by atoms with Crippen molar-refractivity contribution in [1.29, 1.82) is 0 Å². The molecule has 0 radical (unpaired) electrons. The molecule has 0 saturated carbocycles. The number of methoxy groups -OCH3 is 2. The van der Waals surface area contributed by atoms with Gasteiger partial charge in [-0.15, -0.1) is 0 Å². The average molecular weight is 423 g/mol. The van der Waals surface area contributed by atoms with Crippen molar-refractivity contribution in [2.75, 3.05) is 20.8 Å². The van der Waals surface area contributed by atoms with Crippen LogP contribution in [-0.2, 0) is 11.0 Å². The SMILES string of the molecule is COc1ccc(OC)c(C(c2ccc(C(F)(F)F)cc2)N2CCCCC2C(=O)O)c1. The molecule has 1 aliphatic heterocycles. The second-order valence-electron chi connectivity index (χ2n) is 7.22. The van der Waals surface area contributed by atoms with Gasteiger partial charge in [0, 0.05) is 5.56 Å². The summed E-state index contributed by atoms with van der Waals surface area (Å²) >= 11 is 0. The quantitative estimate of drug-likeness (QED) is 0.727. The molecular weight excluding hydrogens is 399 g/mol. The first-order valence-electron chi connectivity index (χ1n) is 9.64. The fourth-order valence-electron chi connectivity index (χ4n) is 3.99. The van der Waals surface area contributed by atoms with Crippen molar-refractivity contribution in [3.63, 3.8) is 0 Å². The van der Waals surface area contributed by atoms with Crippen molar-refractivity contribution < 1.29 is 32.5 Å². The maximum atomic E-state index is 13.1. The van der Waals surface area contributed by atoms with Crippen LogP contribution in [0.5, 0.6) is 11.5 Å². The van der Waals surface area contributed by atoms with Crippen LogP contribution in [0.1, 0.15) is 42.0 Å². The van der Waals surface area contributed by atoms with Gasteiger partial charge in [0.05, 0.1) is 25.8 Å². The standard InChI is InChI=1S/C22H24F3NO4/c1-29-16-10-11-19(30-2)17(13-16)20(26-12-4-3-5-18(26)21(27)28)14-6-8-15(9-7-14)22(23,24)25/h6-11,13,18,20H,3-5,12H2,1-2H3,(H,27,28). The lowest BCUT2D eigenvalue weighted by molar-refractivity contribution is -0.145. The zero-order valence-corrected chi connectivity index (χ0v) is 16.8. The van der Waals surface area contributed by atoms with Crippen molar-refractivity contribution in [3.8, 4) is 11.5 Å². The van der Waals surface area contributed by atoms with Gasteiger partial charge < -0.3 is 14.6 Å². The Kier molecular flexibility index (Phi) is 6.55. The fourth-order valence-corrected chi connectivity index (χ4v) is 3.99. The first kappa shape index (κ1) is 22.0. The molecule has 0 spiro atoms. The molecule has 30 heavy (non-hydrogen) atoms. The molecular formula is C22H24F3NO4. The van der Waals surface area contributed by atoms with Crippen molar-refractivity contribution in [2.45, 2.75) is 37.5 Å². The smallest absolute Gasteiger partial charge is 0.416 e. The monoisotopic (exact) mass is 423 g/mol. The number of alkyl halides is 3. The molecule has 2 atom stereocenters. The van der Waals surface area contributed by atoms with Crippen LogP contribution in [0.2, 0.25) is 0 Å². The highest BCUT2D eigenvalue weighted by atomic mass is 19.4. The second-order valence-corrected chi connectivity index (χ2v) is 7.22. The van der Waals surface area contributed by atoms with E-state index in [-0.39, 0.29) is 0 Å². The van der Waals surface area contributed by atoms with E-state index < -0.39 is 29.8 Å². The predicted molar refractivity (Wildman–Crippen MR) is 105 cm³/mol. The summed E-state index contributed by atoms with van der Waals surface area (Å²) in [6.07, 6.45) is -2.40. The molecule has 0 amide bonds. The van der Waals surface area contributed by atoms with Crippen LogP contribution >= 0.6 is 0 Å². The lowest BCUT2D eigenvalue weighted by atomic mass is 9.90. The zero-order valence-electron chi connectivity index (χ0n) is 16.8. The molecule has 0 aromatic heterocycles. The molecule has 1 N–H and O–H groups in total. The molecule has 8 heteroatoms. The lowest BCUT2D eigenvalue weighted by Gasteiger charge is -2.40. The molecule has 1 fully saturated rings. The summed E-state index contributed by atoms with van der Waals surface area (Å²) in [7, 11) is 3.01. The number of likely N-dealkylation sites (tertiary alicyclic amines) is 1. The number of nitrogens with zero attached hydrogens (tertiary/aromatic N) is 1. The molecule has 1 aliphatic rings. The normalized spacial score (nSPS) is 18.6. The van der Waals surface area contributed by atoms with E-state index in [1.54, 1.807) is 18.2 Å². The van der Waals surface area contributed by atoms with Gasteiger partial charge in [-0.2, -0.15) is 13.2 Å². The number of hydrogen-bond donors (Lipinski definition) is 1. The summed E-state index contributed by atoms with van der Waals surface area (Å²) in [6, 6.07) is 8.68. The Labute approximate surface area is 173 Å². The summed E-state index contributed by atoms with van der Waals surface area (Å²) in [5.41, 5.74) is 0.448. The fraction of sp³-hybridized carbons (Fsp3) is 0.409. The highest BCUT2D eigenvalue weighted by Crippen LogP contribution is 2.41. The lowest BCUT2D eigenvalue weighted by Crippen LogP contribution is -2.46. The van der Waals surface area contributed by atoms with Crippen molar-refractivity contribution >= 4 is 5.97 Å². The molecule has 1 saturated heterocycles. The second kappa shape index (κ2) is 8.95. The first-order valence-corrected chi connectivity index (χ1v) is 9.64. The molecule has 2 unspecified atom stereocenters.